The quantitative estimate of drug-likeness (QED) is 0.578. The first-order chi connectivity index (χ1) is 8.43. The Labute approximate surface area is 116 Å². The van der Waals surface area contributed by atoms with Crippen molar-refractivity contribution < 1.29 is 14.3 Å². The molecular formula is C13H20BrNO3. The van der Waals surface area contributed by atoms with Gasteiger partial charge >= 0.3 is 6.09 Å². The Hall–Kier alpha value is -0.840. The van der Waals surface area contributed by atoms with Crippen LogP contribution in [0.5, 0.6) is 0 Å². The van der Waals surface area contributed by atoms with Gasteiger partial charge in [-0.2, -0.15) is 0 Å². The lowest BCUT2D eigenvalue weighted by Gasteiger charge is -2.20. The highest BCUT2D eigenvalue weighted by Gasteiger charge is 2.34. The number of allylic oxidation sites excluding steroid dienone is 2. The molecule has 1 unspecified atom stereocenters. The van der Waals surface area contributed by atoms with Crippen LogP contribution in [-0.2, 0) is 9.53 Å². The number of nitrogens with zero attached hydrogens (tertiary/aromatic N) is 1. The van der Waals surface area contributed by atoms with Crippen LogP contribution in [0.1, 0.15) is 33.6 Å². The number of alkyl halides is 1. The second-order valence-electron chi connectivity index (χ2n) is 4.84. The van der Waals surface area contributed by atoms with Crippen molar-refractivity contribution in [3.8, 4) is 0 Å². The van der Waals surface area contributed by atoms with E-state index in [0.717, 1.165) is 12.8 Å². The third-order valence-corrected chi connectivity index (χ3v) is 4.23. The number of ether oxygens (including phenoxy) is 1. The molecule has 0 aromatic rings. The van der Waals surface area contributed by atoms with E-state index in [4.69, 9.17) is 4.74 Å². The van der Waals surface area contributed by atoms with Crippen LogP contribution in [0.15, 0.2) is 11.6 Å². The number of imide groups is 1. The molecule has 1 heterocycles. The molecule has 0 bridgehead atoms. The number of hydrogen-bond acceptors (Lipinski definition) is 3. The van der Waals surface area contributed by atoms with Gasteiger partial charge in [0.05, 0.1) is 11.4 Å². The van der Waals surface area contributed by atoms with Crippen LogP contribution >= 0.6 is 15.9 Å². The van der Waals surface area contributed by atoms with E-state index in [9.17, 15) is 9.59 Å². The fourth-order valence-electron chi connectivity index (χ4n) is 1.77. The van der Waals surface area contributed by atoms with Gasteiger partial charge in [0.1, 0.15) is 6.61 Å². The summed E-state index contributed by atoms with van der Waals surface area (Å²) in [4.78, 5) is 24.2. The summed E-state index contributed by atoms with van der Waals surface area (Å²) in [5, 5.41) is 0. The van der Waals surface area contributed by atoms with Crippen LogP contribution in [0, 0.1) is 5.92 Å². The molecule has 18 heavy (non-hydrogen) atoms. The fourth-order valence-corrected chi connectivity index (χ4v) is 2.28. The van der Waals surface area contributed by atoms with E-state index in [2.05, 4.69) is 35.9 Å². The van der Waals surface area contributed by atoms with Crippen LogP contribution in [-0.4, -0.2) is 34.9 Å². The molecule has 0 radical (unpaired) electrons. The minimum absolute atomic E-state index is 0.182. The molecule has 1 aliphatic heterocycles. The largest absolute Gasteiger partial charge is 0.447 e. The van der Waals surface area contributed by atoms with Crippen molar-refractivity contribution in [3.05, 3.63) is 11.6 Å². The van der Waals surface area contributed by atoms with Crippen LogP contribution in [0.2, 0.25) is 0 Å². The molecule has 4 nitrogen and oxygen atoms in total. The van der Waals surface area contributed by atoms with Crippen LogP contribution in [0.25, 0.3) is 0 Å². The second kappa shape index (κ2) is 6.92. The Morgan fingerprint density at radius 3 is 2.72 bits per heavy atom. The minimum atomic E-state index is -0.527. The average Bonchev–Trinajstić information content (AvgIpc) is 2.72. The first-order valence-corrected chi connectivity index (χ1v) is 7.10. The molecule has 0 saturated carbocycles. The summed E-state index contributed by atoms with van der Waals surface area (Å²) in [6.07, 6.45) is 3.49. The molecule has 1 aliphatic rings. The van der Waals surface area contributed by atoms with Crippen molar-refractivity contribution in [1.82, 2.24) is 4.90 Å². The Balaban J connectivity index is 2.47. The first kappa shape index (κ1) is 15.2. The fraction of sp³-hybridized carbons (Fsp3) is 0.692. The Morgan fingerprint density at radius 2 is 2.22 bits per heavy atom. The van der Waals surface area contributed by atoms with Gasteiger partial charge in [-0.3, -0.25) is 4.79 Å². The van der Waals surface area contributed by atoms with Crippen LogP contribution in [0.4, 0.5) is 4.79 Å². The first-order valence-electron chi connectivity index (χ1n) is 6.19. The standard InChI is InChI=1S/C13H20BrNO3/c1-9(2)5-4-6-10(3)11(14)12(16)15-7-8-18-13(15)17/h5,10-11H,4,6-8H2,1-3H3/t10-,11?/m1/s1. The van der Waals surface area contributed by atoms with Gasteiger partial charge in [0.15, 0.2) is 0 Å². The summed E-state index contributed by atoms with van der Waals surface area (Å²) in [5.74, 6) is -0.0105. The van der Waals surface area contributed by atoms with Gasteiger partial charge in [0.25, 0.3) is 0 Å². The van der Waals surface area contributed by atoms with Gasteiger partial charge in [-0.15, -0.1) is 0 Å². The van der Waals surface area contributed by atoms with Crippen molar-refractivity contribution in [1.29, 1.82) is 0 Å². The molecule has 2 amide bonds. The van der Waals surface area contributed by atoms with Crippen molar-refractivity contribution in [3.63, 3.8) is 0 Å². The van der Waals surface area contributed by atoms with Crippen LogP contribution in [0.3, 0.4) is 0 Å². The highest BCUT2D eigenvalue weighted by atomic mass is 79.9. The van der Waals surface area contributed by atoms with E-state index in [1.165, 1.54) is 10.5 Å². The summed E-state index contributed by atoms with van der Waals surface area (Å²) in [5.41, 5.74) is 1.28. The predicted molar refractivity (Wildman–Crippen MR) is 73.6 cm³/mol. The van der Waals surface area contributed by atoms with E-state index in [1.807, 2.05) is 6.92 Å². The Bertz CT molecular complexity index is 350. The zero-order chi connectivity index (χ0) is 13.7. The smallest absolute Gasteiger partial charge is 0.416 e. The van der Waals surface area contributed by atoms with E-state index in [1.54, 1.807) is 0 Å². The third-order valence-electron chi connectivity index (χ3n) is 2.94. The van der Waals surface area contributed by atoms with Gasteiger partial charge < -0.3 is 4.74 Å². The molecule has 0 N–H and O–H groups in total. The molecule has 2 atom stereocenters. The number of carbonyl (C=O) groups is 2. The normalized spacial score (nSPS) is 18.2. The molecule has 0 aliphatic carbocycles. The van der Waals surface area contributed by atoms with E-state index in [-0.39, 0.29) is 16.7 Å². The predicted octanol–water partition coefficient (Wildman–Crippen LogP) is 3.11. The van der Waals surface area contributed by atoms with Gasteiger partial charge in [-0.1, -0.05) is 34.5 Å². The third kappa shape index (κ3) is 4.12. The Morgan fingerprint density at radius 1 is 1.56 bits per heavy atom. The number of rotatable bonds is 5. The van der Waals surface area contributed by atoms with Crippen molar-refractivity contribution in [2.75, 3.05) is 13.2 Å². The molecule has 0 aromatic heterocycles. The zero-order valence-corrected chi connectivity index (χ0v) is 12.7. The number of amides is 2. The van der Waals surface area contributed by atoms with Crippen molar-refractivity contribution in [2.45, 2.75) is 38.4 Å². The van der Waals surface area contributed by atoms with E-state index >= 15 is 0 Å². The van der Waals surface area contributed by atoms with Gasteiger partial charge in [0.2, 0.25) is 5.91 Å². The topological polar surface area (TPSA) is 46.6 Å². The maximum absolute atomic E-state index is 12.1. The van der Waals surface area contributed by atoms with Gasteiger partial charge in [-0.05, 0) is 32.6 Å². The molecule has 1 rings (SSSR count). The molecule has 5 heteroatoms. The maximum Gasteiger partial charge on any atom is 0.416 e. The molecular weight excluding hydrogens is 298 g/mol. The van der Waals surface area contributed by atoms with Crippen molar-refractivity contribution in [2.24, 2.45) is 5.92 Å². The lowest BCUT2D eigenvalue weighted by molar-refractivity contribution is -0.127. The minimum Gasteiger partial charge on any atom is -0.447 e. The summed E-state index contributed by atoms with van der Waals surface area (Å²) < 4.78 is 4.76. The monoisotopic (exact) mass is 317 g/mol. The van der Waals surface area contributed by atoms with Crippen LogP contribution < -0.4 is 0 Å². The SMILES string of the molecule is CC(C)=CCC[C@@H](C)C(Br)C(=O)N1CCOC1=O. The molecule has 0 spiro atoms. The molecule has 0 aromatic carbocycles. The number of carbonyl (C=O) groups excluding carboxylic acids is 2. The summed E-state index contributed by atoms with van der Waals surface area (Å²) in [6, 6.07) is 0. The average molecular weight is 318 g/mol. The van der Waals surface area contributed by atoms with E-state index < -0.39 is 6.09 Å². The second-order valence-corrected chi connectivity index (χ2v) is 5.83. The van der Waals surface area contributed by atoms with Gasteiger partial charge in [-0.25, -0.2) is 9.69 Å². The van der Waals surface area contributed by atoms with E-state index in [0.29, 0.717) is 13.2 Å². The maximum atomic E-state index is 12.1. The summed E-state index contributed by atoms with van der Waals surface area (Å²) in [7, 11) is 0. The lowest BCUT2D eigenvalue weighted by atomic mass is 10.00. The summed E-state index contributed by atoms with van der Waals surface area (Å²) >= 11 is 3.39. The molecule has 1 fully saturated rings. The Kier molecular flexibility index (Phi) is 5.85. The number of cyclic esters (lactones) is 1. The van der Waals surface area contributed by atoms with Crippen molar-refractivity contribution >= 4 is 27.9 Å². The zero-order valence-electron chi connectivity index (χ0n) is 11.1. The molecule has 1 saturated heterocycles. The van der Waals surface area contributed by atoms with Gasteiger partial charge in [0, 0.05) is 0 Å². The molecule has 102 valence electrons. The lowest BCUT2D eigenvalue weighted by Crippen LogP contribution is -2.39. The number of halogens is 1. The number of hydrogen-bond donors (Lipinski definition) is 0. The summed E-state index contributed by atoms with van der Waals surface area (Å²) in [6.45, 7) is 6.79. The highest BCUT2D eigenvalue weighted by molar-refractivity contribution is 9.10. The highest BCUT2D eigenvalue weighted by Crippen LogP contribution is 2.22.